The number of rotatable bonds is 3. The van der Waals surface area contributed by atoms with Crippen molar-refractivity contribution >= 4 is 17.8 Å². The van der Waals surface area contributed by atoms with Crippen LogP contribution in [0.2, 0.25) is 0 Å². The molecule has 1 aromatic carbocycles. The Morgan fingerprint density at radius 1 is 1.09 bits per heavy atom. The van der Waals surface area contributed by atoms with Crippen LogP contribution in [0.4, 0.5) is 13.2 Å². The molecule has 2 heterocycles. The third-order valence-electron chi connectivity index (χ3n) is 7.75. The Morgan fingerprint density at radius 3 is 2.65 bits per heavy atom. The van der Waals surface area contributed by atoms with Crippen molar-refractivity contribution in [3.05, 3.63) is 59.9 Å². The molecule has 0 radical (unpaired) electrons. The maximum Gasteiger partial charge on any atom is 0.416 e. The molecular weight excluding hydrogens is 443 g/mol. The van der Waals surface area contributed by atoms with Crippen LogP contribution in [0.25, 0.3) is 17.2 Å². The second-order valence-corrected chi connectivity index (χ2v) is 9.68. The fourth-order valence-corrected chi connectivity index (χ4v) is 6.16. The summed E-state index contributed by atoms with van der Waals surface area (Å²) in [6.45, 7) is 1.93. The van der Waals surface area contributed by atoms with Gasteiger partial charge in [0.05, 0.1) is 17.2 Å². The number of hydrogen-bond donors (Lipinski definition) is 0. The molecule has 0 spiro atoms. The SMILES string of the molecule is CC1OC(=O)C2CC3C(=O)CCCC3[C@H](/C=C/c3ccc(-c4cccc(C(F)(F)F)c4)cn3)C12. The summed E-state index contributed by atoms with van der Waals surface area (Å²) >= 11 is 0. The lowest BCUT2D eigenvalue weighted by atomic mass is 9.57. The highest BCUT2D eigenvalue weighted by atomic mass is 19.4. The molecule has 2 aliphatic carbocycles. The number of carbonyl (C=O) groups excluding carboxylic acids is 2. The number of nitrogens with zero attached hydrogens (tertiary/aromatic N) is 1. The number of aromatic nitrogens is 1. The number of alkyl halides is 3. The Labute approximate surface area is 196 Å². The van der Waals surface area contributed by atoms with Crippen LogP contribution >= 0.6 is 0 Å². The Kier molecular flexibility index (Phi) is 5.82. The van der Waals surface area contributed by atoms with E-state index in [0.29, 0.717) is 29.7 Å². The number of halogens is 3. The van der Waals surface area contributed by atoms with E-state index in [-0.39, 0.29) is 47.4 Å². The molecule has 3 fully saturated rings. The van der Waals surface area contributed by atoms with Crippen molar-refractivity contribution in [2.75, 3.05) is 0 Å². The first-order chi connectivity index (χ1) is 16.2. The van der Waals surface area contributed by atoms with Crippen molar-refractivity contribution in [2.24, 2.45) is 29.6 Å². The lowest BCUT2D eigenvalue weighted by Gasteiger charge is -2.44. The summed E-state index contributed by atoms with van der Waals surface area (Å²) in [4.78, 5) is 29.5. The molecule has 5 unspecified atom stereocenters. The lowest BCUT2D eigenvalue weighted by Crippen LogP contribution is -2.45. The van der Waals surface area contributed by atoms with Crippen LogP contribution in [-0.4, -0.2) is 22.8 Å². The monoisotopic (exact) mass is 469 g/mol. The molecule has 7 heteroatoms. The van der Waals surface area contributed by atoms with E-state index in [0.717, 1.165) is 25.0 Å². The van der Waals surface area contributed by atoms with Gasteiger partial charge in [-0.1, -0.05) is 24.3 Å². The molecule has 1 aliphatic heterocycles. The third kappa shape index (κ3) is 4.17. The number of esters is 1. The number of ether oxygens (including phenoxy) is 1. The van der Waals surface area contributed by atoms with Crippen molar-refractivity contribution in [1.29, 1.82) is 0 Å². The number of cyclic esters (lactones) is 1. The van der Waals surface area contributed by atoms with Gasteiger partial charge in [-0.05, 0) is 67.9 Å². The van der Waals surface area contributed by atoms with Crippen molar-refractivity contribution in [2.45, 2.75) is 44.9 Å². The van der Waals surface area contributed by atoms with Crippen LogP contribution in [0.3, 0.4) is 0 Å². The minimum atomic E-state index is -4.40. The fraction of sp³-hybridized carbons (Fsp3) is 0.444. The number of hydrogen-bond acceptors (Lipinski definition) is 4. The van der Waals surface area contributed by atoms with Gasteiger partial charge in [-0.2, -0.15) is 13.2 Å². The number of benzene rings is 1. The smallest absolute Gasteiger partial charge is 0.416 e. The number of ketones is 1. The van der Waals surface area contributed by atoms with Crippen molar-refractivity contribution in [1.82, 2.24) is 4.98 Å². The van der Waals surface area contributed by atoms with Gasteiger partial charge in [-0.3, -0.25) is 14.6 Å². The van der Waals surface area contributed by atoms with Crippen LogP contribution in [0, 0.1) is 29.6 Å². The first kappa shape index (κ1) is 22.8. The number of allylic oxidation sites excluding steroid dienone is 1. The topological polar surface area (TPSA) is 56.3 Å². The van der Waals surface area contributed by atoms with E-state index >= 15 is 0 Å². The van der Waals surface area contributed by atoms with Crippen LogP contribution in [-0.2, 0) is 20.5 Å². The van der Waals surface area contributed by atoms with Gasteiger partial charge in [-0.15, -0.1) is 0 Å². The van der Waals surface area contributed by atoms with Gasteiger partial charge < -0.3 is 4.74 Å². The van der Waals surface area contributed by atoms with Crippen LogP contribution in [0.5, 0.6) is 0 Å². The van der Waals surface area contributed by atoms with Crippen LogP contribution < -0.4 is 0 Å². The van der Waals surface area contributed by atoms with Crippen molar-refractivity contribution in [3.8, 4) is 11.1 Å². The van der Waals surface area contributed by atoms with E-state index in [9.17, 15) is 22.8 Å². The van der Waals surface area contributed by atoms with Gasteiger partial charge in [0.1, 0.15) is 11.9 Å². The standard InChI is InChI=1S/C27H26F3NO3/c1-15-25-21(20-6-3-7-24(32)22(20)13-23(25)26(33)34-15)11-10-19-9-8-17(14-31-19)16-4-2-5-18(12-16)27(28,29)30/h2,4-5,8-12,14-15,20-23,25H,3,6-7,13H2,1H3/b11-10+/t15?,20?,21-,22?,23?,25?/m0/s1. The first-order valence-corrected chi connectivity index (χ1v) is 11.8. The molecule has 34 heavy (non-hydrogen) atoms. The summed E-state index contributed by atoms with van der Waals surface area (Å²) < 4.78 is 44.7. The lowest BCUT2D eigenvalue weighted by molar-refractivity contribution is -0.145. The summed E-state index contributed by atoms with van der Waals surface area (Å²) in [5, 5.41) is 0. The molecule has 6 atom stereocenters. The Hall–Kier alpha value is -2.96. The summed E-state index contributed by atoms with van der Waals surface area (Å²) in [5.41, 5.74) is 1.03. The molecule has 2 saturated carbocycles. The van der Waals surface area contributed by atoms with E-state index < -0.39 is 11.7 Å². The zero-order chi connectivity index (χ0) is 24.0. The van der Waals surface area contributed by atoms with E-state index in [2.05, 4.69) is 11.1 Å². The van der Waals surface area contributed by atoms with E-state index in [4.69, 9.17) is 4.74 Å². The minimum absolute atomic E-state index is 0.0411. The minimum Gasteiger partial charge on any atom is -0.462 e. The Balaban J connectivity index is 1.39. The fourth-order valence-electron chi connectivity index (χ4n) is 6.16. The van der Waals surface area contributed by atoms with Gasteiger partial charge in [0.2, 0.25) is 0 Å². The number of carbonyl (C=O) groups is 2. The maximum absolute atomic E-state index is 13.0. The summed E-state index contributed by atoms with van der Waals surface area (Å²) in [7, 11) is 0. The molecule has 4 nitrogen and oxygen atoms in total. The predicted molar refractivity (Wildman–Crippen MR) is 120 cm³/mol. The average Bonchev–Trinajstić information content (AvgIpc) is 3.10. The molecule has 0 amide bonds. The maximum atomic E-state index is 13.0. The first-order valence-electron chi connectivity index (χ1n) is 11.8. The molecule has 0 N–H and O–H groups in total. The van der Waals surface area contributed by atoms with E-state index in [1.807, 2.05) is 13.0 Å². The van der Waals surface area contributed by atoms with Gasteiger partial charge >= 0.3 is 12.1 Å². The average molecular weight is 470 g/mol. The second-order valence-electron chi connectivity index (χ2n) is 9.68. The van der Waals surface area contributed by atoms with Gasteiger partial charge in [-0.25, -0.2) is 0 Å². The third-order valence-corrected chi connectivity index (χ3v) is 7.75. The van der Waals surface area contributed by atoms with Gasteiger partial charge in [0.15, 0.2) is 0 Å². The van der Waals surface area contributed by atoms with Crippen molar-refractivity contribution in [3.63, 3.8) is 0 Å². The van der Waals surface area contributed by atoms with Gasteiger partial charge in [0.25, 0.3) is 0 Å². The van der Waals surface area contributed by atoms with E-state index in [1.165, 1.54) is 6.07 Å². The zero-order valence-corrected chi connectivity index (χ0v) is 18.8. The highest BCUT2D eigenvalue weighted by Gasteiger charge is 2.55. The van der Waals surface area contributed by atoms with Crippen molar-refractivity contribution < 1.29 is 27.5 Å². The second kappa shape index (κ2) is 8.67. The number of pyridine rings is 1. The quantitative estimate of drug-likeness (QED) is 0.520. The molecular formula is C27H26F3NO3. The highest BCUT2D eigenvalue weighted by Crippen LogP contribution is 2.52. The van der Waals surface area contributed by atoms with Gasteiger partial charge in [0, 0.05) is 30.0 Å². The molecule has 5 rings (SSSR count). The highest BCUT2D eigenvalue weighted by molar-refractivity contribution is 5.84. The molecule has 2 aromatic rings. The summed E-state index contributed by atoms with van der Waals surface area (Å²) in [6, 6.07) is 8.71. The molecule has 1 saturated heterocycles. The largest absolute Gasteiger partial charge is 0.462 e. The summed E-state index contributed by atoms with van der Waals surface area (Å²) in [5.74, 6) is -0.0111. The molecule has 178 valence electrons. The summed E-state index contributed by atoms with van der Waals surface area (Å²) in [6.07, 6.45) is 3.94. The molecule has 0 bridgehead atoms. The van der Waals surface area contributed by atoms with Crippen LogP contribution in [0.15, 0.2) is 48.7 Å². The molecule has 3 aliphatic rings. The normalized spacial score (nSPS) is 31.3. The Bertz CT molecular complexity index is 1120. The number of Topliss-reactive ketones (excluding diaryl/α,β-unsaturated/α-hetero) is 1. The predicted octanol–water partition coefficient (Wildman–Crippen LogP) is 5.96. The van der Waals surface area contributed by atoms with E-state index in [1.54, 1.807) is 24.4 Å². The molecule has 1 aromatic heterocycles. The number of fused-ring (bicyclic) bond motifs is 2. The van der Waals surface area contributed by atoms with Crippen LogP contribution in [0.1, 0.15) is 43.9 Å². The Morgan fingerprint density at radius 2 is 1.91 bits per heavy atom. The zero-order valence-electron chi connectivity index (χ0n) is 18.8.